The summed E-state index contributed by atoms with van der Waals surface area (Å²) in [6.07, 6.45) is 0. The molecule has 0 heterocycles. The van der Waals surface area contributed by atoms with Crippen molar-refractivity contribution in [3.8, 4) is 11.5 Å². The fraction of sp³-hybridized carbons (Fsp3) is 0.0714. The van der Waals surface area contributed by atoms with E-state index in [1.807, 2.05) is 0 Å². The van der Waals surface area contributed by atoms with E-state index in [1.165, 1.54) is 24.3 Å². The highest BCUT2D eigenvalue weighted by Gasteiger charge is 2.04. The van der Waals surface area contributed by atoms with Crippen LogP contribution in [0.3, 0.4) is 0 Å². The van der Waals surface area contributed by atoms with Crippen molar-refractivity contribution in [3.05, 3.63) is 59.9 Å². The van der Waals surface area contributed by atoms with Gasteiger partial charge >= 0.3 is 0 Å². The highest BCUT2D eigenvalue weighted by atomic mass is 19.1. The molecule has 2 rings (SSSR count). The molecule has 0 spiro atoms. The highest BCUT2D eigenvalue weighted by molar-refractivity contribution is 5.94. The second kappa shape index (κ2) is 5.31. The summed E-state index contributed by atoms with van der Waals surface area (Å²) in [4.78, 5) is 11.4. The maximum absolute atomic E-state index is 12.7. The van der Waals surface area contributed by atoms with E-state index in [-0.39, 0.29) is 11.7 Å². The molecule has 0 aliphatic heterocycles. The molecule has 0 aliphatic carbocycles. The molecule has 0 atom stereocenters. The minimum absolute atomic E-state index is 0.181. The monoisotopic (exact) mass is 245 g/mol. The van der Waals surface area contributed by atoms with Crippen LogP contribution >= 0.6 is 0 Å². The third kappa shape index (κ3) is 2.85. The molecule has 0 saturated carbocycles. The molecule has 0 fully saturated rings. The molecule has 4 heteroatoms. The summed E-state index contributed by atoms with van der Waals surface area (Å²) in [5.74, 6) is 0.550. The van der Waals surface area contributed by atoms with Crippen LogP contribution in [0.5, 0.6) is 11.5 Å². The summed E-state index contributed by atoms with van der Waals surface area (Å²) >= 11 is 0. The number of hydrogen-bond acceptors (Lipinski definition) is 2. The number of carbonyl (C=O) groups excluding carboxylic acids is 1. The van der Waals surface area contributed by atoms with Gasteiger partial charge in [0.25, 0.3) is 5.91 Å². The average molecular weight is 245 g/mol. The standard InChI is InChI=1S/C14H12FNO2/c1-16-14(17)10-3-2-4-13(9-10)18-12-7-5-11(15)6-8-12/h2-9H,1H3,(H,16,17). The molecule has 0 aromatic heterocycles. The zero-order valence-electron chi connectivity index (χ0n) is 9.81. The highest BCUT2D eigenvalue weighted by Crippen LogP contribution is 2.22. The van der Waals surface area contributed by atoms with Gasteiger partial charge in [-0.1, -0.05) is 6.07 Å². The molecular formula is C14H12FNO2. The first kappa shape index (κ1) is 12.1. The lowest BCUT2D eigenvalue weighted by molar-refractivity contribution is 0.0963. The molecule has 1 N–H and O–H groups in total. The van der Waals surface area contributed by atoms with Crippen molar-refractivity contribution in [3.63, 3.8) is 0 Å². The number of benzene rings is 2. The SMILES string of the molecule is CNC(=O)c1cccc(Oc2ccc(F)cc2)c1. The maximum Gasteiger partial charge on any atom is 0.251 e. The number of halogens is 1. The number of nitrogens with one attached hydrogen (secondary N) is 1. The third-order valence-corrected chi connectivity index (χ3v) is 2.37. The Kier molecular flexibility index (Phi) is 3.57. The predicted molar refractivity (Wildman–Crippen MR) is 66.3 cm³/mol. The molecule has 0 saturated heterocycles. The van der Waals surface area contributed by atoms with Crippen molar-refractivity contribution in [1.82, 2.24) is 5.32 Å². The molecule has 2 aromatic carbocycles. The summed E-state index contributed by atoms with van der Waals surface area (Å²) in [5, 5.41) is 2.54. The van der Waals surface area contributed by atoms with Crippen LogP contribution in [0.4, 0.5) is 4.39 Å². The van der Waals surface area contributed by atoms with E-state index in [2.05, 4.69) is 5.32 Å². The van der Waals surface area contributed by atoms with Crippen molar-refractivity contribution in [2.45, 2.75) is 0 Å². The minimum Gasteiger partial charge on any atom is -0.457 e. The Morgan fingerprint density at radius 1 is 1.11 bits per heavy atom. The van der Waals surface area contributed by atoms with Gasteiger partial charge in [0.05, 0.1) is 0 Å². The fourth-order valence-corrected chi connectivity index (χ4v) is 1.48. The van der Waals surface area contributed by atoms with Crippen molar-refractivity contribution in [1.29, 1.82) is 0 Å². The van der Waals surface area contributed by atoms with Gasteiger partial charge in [0.2, 0.25) is 0 Å². The van der Waals surface area contributed by atoms with Gasteiger partial charge in [-0.25, -0.2) is 4.39 Å². The Balaban J connectivity index is 2.19. The molecule has 0 radical (unpaired) electrons. The van der Waals surface area contributed by atoms with Gasteiger partial charge in [-0.3, -0.25) is 4.79 Å². The predicted octanol–water partition coefficient (Wildman–Crippen LogP) is 2.98. The van der Waals surface area contributed by atoms with Crippen LogP contribution in [0.2, 0.25) is 0 Å². The molecule has 92 valence electrons. The minimum atomic E-state index is -0.318. The fourth-order valence-electron chi connectivity index (χ4n) is 1.48. The lowest BCUT2D eigenvalue weighted by Crippen LogP contribution is -2.17. The Hall–Kier alpha value is -2.36. The van der Waals surface area contributed by atoms with E-state index in [4.69, 9.17) is 4.74 Å². The van der Waals surface area contributed by atoms with E-state index in [1.54, 1.807) is 31.3 Å². The van der Waals surface area contributed by atoms with E-state index >= 15 is 0 Å². The van der Waals surface area contributed by atoms with Gasteiger partial charge in [0.1, 0.15) is 17.3 Å². The first-order chi connectivity index (χ1) is 8.69. The Morgan fingerprint density at radius 3 is 2.50 bits per heavy atom. The largest absolute Gasteiger partial charge is 0.457 e. The van der Waals surface area contributed by atoms with Crippen molar-refractivity contribution in [2.75, 3.05) is 7.05 Å². The van der Waals surface area contributed by atoms with Gasteiger partial charge in [-0.05, 0) is 42.5 Å². The van der Waals surface area contributed by atoms with E-state index < -0.39 is 0 Å². The number of amides is 1. The normalized spacial score (nSPS) is 9.89. The first-order valence-corrected chi connectivity index (χ1v) is 5.44. The van der Waals surface area contributed by atoms with Gasteiger partial charge < -0.3 is 10.1 Å². The average Bonchev–Trinajstić information content (AvgIpc) is 2.41. The van der Waals surface area contributed by atoms with Crippen LogP contribution in [-0.2, 0) is 0 Å². The zero-order chi connectivity index (χ0) is 13.0. The number of rotatable bonds is 3. The van der Waals surface area contributed by atoms with E-state index in [0.29, 0.717) is 17.1 Å². The smallest absolute Gasteiger partial charge is 0.251 e. The van der Waals surface area contributed by atoms with Crippen LogP contribution in [-0.4, -0.2) is 13.0 Å². The number of hydrogen-bond donors (Lipinski definition) is 1. The lowest BCUT2D eigenvalue weighted by atomic mass is 10.2. The first-order valence-electron chi connectivity index (χ1n) is 5.44. The second-order valence-corrected chi connectivity index (χ2v) is 3.66. The number of ether oxygens (including phenoxy) is 1. The van der Waals surface area contributed by atoms with Crippen LogP contribution in [0.1, 0.15) is 10.4 Å². The second-order valence-electron chi connectivity index (χ2n) is 3.66. The molecule has 0 bridgehead atoms. The molecule has 18 heavy (non-hydrogen) atoms. The topological polar surface area (TPSA) is 38.3 Å². The molecule has 1 amide bonds. The van der Waals surface area contributed by atoms with Crippen molar-refractivity contribution < 1.29 is 13.9 Å². The van der Waals surface area contributed by atoms with Crippen LogP contribution in [0.15, 0.2) is 48.5 Å². The molecule has 3 nitrogen and oxygen atoms in total. The van der Waals surface area contributed by atoms with Crippen LogP contribution in [0.25, 0.3) is 0 Å². The third-order valence-electron chi connectivity index (χ3n) is 2.37. The molecule has 0 aliphatic rings. The summed E-state index contributed by atoms with van der Waals surface area (Å²) in [6.45, 7) is 0. The summed E-state index contributed by atoms with van der Waals surface area (Å²) in [7, 11) is 1.57. The summed E-state index contributed by atoms with van der Waals surface area (Å²) in [5.41, 5.74) is 0.511. The molecule has 0 unspecified atom stereocenters. The van der Waals surface area contributed by atoms with Gasteiger partial charge in [-0.15, -0.1) is 0 Å². The lowest BCUT2D eigenvalue weighted by Gasteiger charge is -2.07. The summed E-state index contributed by atoms with van der Waals surface area (Å²) < 4.78 is 18.3. The Morgan fingerprint density at radius 2 is 1.83 bits per heavy atom. The summed E-state index contributed by atoms with van der Waals surface area (Å²) in [6, 6.07) is 12.5. The quantitative estimate of drug-likeness (QED) is 0.902. The Bertz CT molecular complexity index is 552. The van der Waals surface area contributed by atoms with Gasteiger partial charge in [-0.2, -0.15) is 0 Å². The van der Waals surface area contributed by atoms with Crippen molar-refractivity contribution >= 4 is 5.91 Å². The molecular weight excluding hydrogens is 233 g/mol. The van der Waals surface area contributed by atoms with Gasteiger partial charge in [0, 0.05) is 12.6 Å². The number of carbonyl (C=O) groups is 1. The van der Waals surface area contributed by atoms with Crippen LogP contribution in [0, 0.1) is 5.82 Å². The maximum atomic E-state index is 12.7. The van der Waals surface area contributed by atoms with Crippen molar-refractivity contribution in [2.24, 2.45) is 0 Å². The molecule has 2 aromatic rings. The van der Waals surface area contributed by atoms with Gasteiger partial charge in [0.15, 0.2) is 0 Å². The van der Waals surface area contributed by atoms with Crippen LogP contribution < -0.4 is 10.1 Å². The van der Waals surface area contributed by atoms with E-state index in [0.717, 1.165) is 0 Å². The van der Waals surface area contributed by atoms with E-state index in [9.17, 15) is 9.18 Å². The zero-order valence-corrected chi connectivity index (χ0v) is 9.81. The Labute approximate surface area is 104 Å².